The Hall–Kier alpha value is -4.34. The van der Waals surface area contributed by atoms with Crippen LogP contribution in [-0.2, 0) is 16.6 Å². The number of anilines is 1. The number of fused-ring (bicyclic) bond motifs is 1. The van der Waals surface area contributed by atoms with E-state index in [0.717, 1.165) is 11.1 Å². The third-order valence-electron chi connectivity index (χ3n) is 6.09. The maximum atomic E-state index is 13.7. The van der Waals surface area contributed by atoms with Crippen LogP contribution in [0.3, 0.4) is 0 Å². The fourth-order valence-corrected chi connectivity index (χ4v) is 5.72. The Morgan fingerprint density at radius 2 is 1.72 bits per heavy atom. The van der Waals surface area contributed by atoms with Gasteiger partial charge in [-0.1, -0.05) is 48.0 Å². The number of hydrogen-bond acceptors (Lipinski definition) is 6. The SMILES string of the molecule is Cc1ccc(Cl)cc1N(Cc1ccc(C(=O)NN=Cc2ccc3c(c2)OCO3)cc1)S(=O)(=O)c1ccccc1. The molecule has 4 aromatic rings. The van der Waals surface area contributed by atoms with Crippen molar-refractivity contribution in [3.63, 3.8) is 0 Å². The van der Waals surface area contributed by atoms with Gasteiger partial charge in [0.2, 0.25) is 6.79 Å². The summed E-state index contributed by atoms with van der Waals surface area (Å²) in [6.45, 7) is 2.05. The molecule has 0 unspecified atom stereocenters. The Morgan fingerprint density at radius 1 is 0.974 bits per heavy atom. The van der Waals surface area contributed by atoms with E-state index in [0.29, 0.717) is 33.3 Å². The minimum absolute atomic E-state index is 0.0442. The average molecular weight is 562 g/mol. The van der Waals surface area contributed by atoms with E-state index < -0.39 is 15.9 Å². The number of aryl methyl sites for hydroxylation is 1. The lowest BCUT2D eigenvalue weighted by molar-refractivity contribution is 0.0955. The minimum atomic E-state index is -3.90. The zero-order valence-electron chi connectivity index (χ0n) is 20.9. The zero-order valence-corrected chi connectivity index (χ0v) is 22.4. The molecular weight excluding hydrogens is 538 g/mol. The Morgan fingerprint density at radius 3 is 2.49 bits per heavy atom. The number of hydrazone groups is 1. The molecule has 10 heteroatoms. The van der Waals surface area contributed by atoms with Gasteiger partial charge in [0.05, 0.1) is 23.3 Å². The van der Waals surface area contributed by atoms with Gasteiger partial charge in [-0.3, -0.25) is 9.10 Å². The first-order valence-corrected chi connectivity index (χ1v) is 13.8. The third kappa shape index (κ3) is 5.89. The Bertz CT molecular complexity index is 1640. The standard InChI is InChI=1S/C29H24ClN3O5S/c1-20-7-13-24(30)16-26(20)33(39(35,36)25-5-3-2-4-6-25)18-21-8-11-23(12-9-21)29(34)32-31-17-22-10-14-27-28(15-22)38-19-37-27/h2-17H,18-19H2,1H3,(H,32,34). The van der Waals surface area contributed by atoms with E-state index in [2.05, 4.69) is 10.5 Å². The molecule has 4 aromatic carbocycles. The van der Waals surface area contributed by atoms with Gasteiger partial charge >= 0.3 is 0 Å². The summed E-state index contributed by atoms with van der Waals surface area (Å²) in [7, 11) is -3.90. The number of halogens is 1. The van der Waals surface area contributed by atoms with Gasteiger partial charge in [-0.2, -0.15) is 5.10 Å². The van der Waals surface area contributed by atoms with Gasteiger partial charge in [-0.05, 0) is 78.2 Å². The molecule has 0 bridgehead atoms. The quantitative estimate of drug-likeness (QED) is 0.225. The van der Waals surface area contributed by atoms with Gasteiger partial charge in [0.1, 0.15) is 0 Å². The van der Waals surface area contributed by atoms with Gasteiger partial charge in [-0.25, -0.2) is 13.8 Å². The Balaban J connectivity index is 1.33. The molecule has 0 atom stereocenters. The maximum Gasteiger partial charge on any atom is 0.271 e. The average Bonchev–Trinajstić information content (AvgIpc) is 3.42. The highest BCUT2D eigenvalue weighted by atomic mass is 35.5. The highest BCUT2D eigenvalue weighted by Crippen LogP contribution is 2.32. The maximum absolute atomic E-state index is 13.7. The summed E-state index contributed by atoms with van der Waals surface area (Å²) < 4.78 is 39.3. The second kappa shape index (κ2) is 11.2. The Labute approximate surface area is 231 Å². The number of hydrogen-bond donors (Lipinski definition) is 1. The molecule has 0 saturated heterocycles. The number of carbonyl (C=O) groups is 1. The molecule has 39 heavy (non-hydrogen) atoms. The van der Waals surface area contributed by atoms with E-state index in [1.807, 2.05) is 6.92 Å². The van der Waals surface area contributed by atoms with Gasteiger partial charge in [0, 0.05) is 10.6 Å². The summed E-state index contributed by atoms with van der Waals surface area (Å²) in [5.41, 5.74) is 5.54. The molecule has 1 aliphatic rings. The number of ether oxygens (including phenoxy) is 2. The lowest BCUT2D eigenvalue weighted by Crippen LogP contribution is -2.31. The minimum Gasteiger partial charge on any atom is -0.454 e. The van der Waals surface area contributed by atoms with Crippen LogP contribution in [0.5, 0.6) is 11.5 Å². The van der Waals surface area contributed by atoms with E-state index in [-0.39, 0.29) is 18.2 Å². The van der Waals surface area contributed by atoms with Crippen molar-refractivity contribution in [3.05, 3.63) is 118 Å². The predicted molar refractivity (Wildman–Crippen MR) is 150 cm³/mol. The molecule has 198 valence electrons. The lowest BCUT2D eigenvalue weighted by Gasteiger charge is -2.26. The van der Waals surface area contributed by atoms with Crippen LogP contribution in [0.4, 0.5) is 5.69 Å². The molecule has 5 rings (SSSR count). The molecule has 0 saturated carbocycles. The molecule has 0 aliphatic carbocycles. The summed E-state index contributed by atoms with van der Waals surface area (Å²) >= 11 is 6.23. The number of rotatable bonds is 8. The van der Waals surface area contributed by atoms with Crippen LogP contribution in [0.15, 0.2) is 101 Å². The van der Waals surface area contributed by atoms with Gasteiger partial charge in [0.25, 0.3) is 15.9 Å². The van der Waals surface area contributed by atoms with Crippen molar-refractivity contribution in [1.82, 2.24) is 5.43 Å². The number of carbonyl (C=O) groups excluding carboxylic acids is 1. The summed E-state index contributed by atoms with van der Waals surface area (Å²) in [6.07, 6.45) is 1.51. The fraction of sp³-hybridized carbons (Fsp3) is 0.103. The first-order valence-electron chi connectivity index (χ1n) is 12.0. The van der Waals surface area contributed by atoms with Crippen molar-refractivity contribution in [2.75, 3.05) is 11.1 Å². The smallest absolute Gasteiger partial charge is 0.271 e. The van der Waals surface area contributed by atoms with Crippen LogP contribution in [0.25, 0.3) is 0 Å². The zero-order chi connectivity index (χ0) is 27.4. The van der Waals surface area contributed by atoms with E-state index in [1.165, 1.54) is 10.5 Å². The summed E-state index contributed by atoms with van der Waals surface area (Å²) in [6, 6.07) is 25.4. The molecule has 0 spiro atoms. The molecule has 1 aliphatic heterocycles. The van der Waals surface area contributed by atoms with Crippen LogP contribution in [0, 0.1) is 6.92 Å². The molecule has 0 radical (unpaired) electrons. The topological polar surface area (TPSA) is 97.3 Å². The number of nitrogens with zero attached hydrogens (tertiary/aromatic N) is 2. The van der Waals surface area contributed by atoms with Crippen molar-refractivity contribution in [2.45, 2.75) is 18.4 Å². The fourth-order valence-electron chi connectivity index (χ4n) is 4.02. The molecular formula is C29H24ClN3O5S. The summed E-state index contributed by atoms with van der Waals surface area (Å²) in [5, 5.41) is 4.44. The van der Waals surface area contributed by atoms with E-state index in [1.54, 1.807) is 91.0 Å². The van der Waals surface area contributed by atoms with Crippen molar-refractivity contribution in [2.24, 2.45) is 5.10 Å². The Kier molecular flexibility index (Phi) is 7.53. The molecule has 1 N–H and O–H groups in total. The normalized spacial score (nSPS) is 12.5. The first-order chi connectivity index (χ1) is 18.8. The number of sulfonamides is 1. The molecule has 1 amide bonds. The van der Waals surface area contributed by atoms with Crippen LogP contribution in [0.2, 0.25) is 5.02 Å². The van der Waals surface area contributed by atoms with Crippen molar-refractivity contribution >= 4 is 39.4 Å². The second-order valence-electron chi connectivity index (χ2n) is 8.76. The van der Waals surface area contributed by atoms with Crippen molar-refractivity contribution in [3.8, 4) is 11.5 Å². The van der Waals surface area contributed by atoms with E-state index >= 15 is 0 Å². The van der Waals surface area contributed by atoms with Gasteiger partial charge < -0.3 is 9.47 Å². The van der Waals surface area contributed by atoms with E-state index in [4.69, 9.17) is 21.1 Å². The first kappa shape index (κ1) is 26.3. The second-order valence-corrected chi connectivity index (χ2v) is 11.1. The van der Waals surface area contributed by atoms with Crippen molar-refractivity contribution in [1.29, 1.82) is 0 Å². The molecule has 8 nitrogen and oxygen atoms in total. The third-order valence-corrected chi connectivity index (χ3v) is 8.10. The molecule has 0 aromatic heterocycles. The lowest BCUT2D eigenvalue weighted by atomic mass is 10.1. The van der Waals surface area contributed by atoms with E-state index in [9.17, 15) is 13.2 Å². The summed E-state index contributed by atoms with van der Waals surface area (Å²) in [5.74, 6) is 0.882. The van der Waals surface area contributed by atoms with Crippen LogP contribution in [0.1, 0.15) is 27.0 Å². The predicted octanol–water partition coefficient (Wildman–Crippen LogP) is 5.54. The van der Waals surface area contributed by atoms with Crippen LogP contribution >= 0.6 is 11.6 Å². The number of amides is 1. The highest BCUT2D eigenvalue weighted by Gasteiger charge is 2.26. The van der Waals surface area contributed by atoms with Crippen LogP contribution in [-0.4, -0.2) is 27.3 Å². The largest absolute Gasteiger partial charge is 0.454 e. The monoisotopic (exact) mass is 561 g/mol. The number of nitrogens with one attached hydrogen (secondary N) is 1. The van der Waals surface area contributed by atoms with Gasteiger partial charge in [0.15, 0.2) is 11.5 Å². The number of benzene rings is 4. The molecule has 1 heterocycles. The molecule has 0 fully saturated rings. The summed E-state index contributed by atoms with van der Waals surface area (Å²) in [4.78, 5) is 12.8. The van der Waals surface area contributed by atoms with Gasteiger partial charge in [-0.15, -0.1) is 0 Å². The van der Waals surface area contributed by atoms with Crippen molar-refractivity contribution < 1.29 is 22.7 Å². The van der Waals surface area contributed by atoms with Crippen LogP contribution < -0.4 is 19.2 Å². The highest BCUT2D eigenvalue weighted by molar-refractivity contribution is 7.92.